The first kappa shape index (κ1) is 17.0. The van der Waals surface area contributed by atoms with Gasteiger partial charge in [0.15, 0.2) is 0 Å². The molecular formula is C18H21N3O4. The summed E-state index contributed by atoms with van der Waals surface area (Å²) in [4.78, 5) is 25.5. The number of likely N-dealkylation sites (tertiary alicyclic amines) is 1. The van der Waals surface area contributed by atoms with Crippen LogP contribution in [0.15, 0.2) is 36.5 Å². The molecule has 0 spiro atoms. The highest BCUT2D eigenvalue weighted by Gasteiger charge is 2.42. The van der Waals surface area contributed by atoms with E-state index in [1.807, 2.05) is 44.3 Å². The molecule has 1 fully saturated rings. The van der Waals surface area contributed by atoms with Crippen LogP contribution in [-0.4, -0.2) is 44.9 Å². The molecule has 0 radical (unpaired) electrons. The van der Waals surface area contributed by atoms with Crippen molar-refractivity contribution < 1.29 is 19.4 Å². The average molecular weight is 343 g/mol. The Morgan fingerprint density at radius 1 is 1.28 bits per heavy atom. The third-order valence-electron chi connectivity index (χ3n) is 4.77. The first-order chi connectivity index (χ1) is 12.0. The summed E-state index contributed by atoms with van der Waals surface area (Å²) >= 11 is 0. The van der Waals surface area contributed by atoms with Crippen LogP contribution in [0.4, 0.5) is 4.79 Å². The molecule has 132 valence electrons. The molecule has 1 saturated heterocycles. The minimum atomic E-state index is -0.911. The Bertz CT molecular complexity index is 772. The van der Waals surface area contributed by atoms with Crippen LogP contribution < -0.4 is 0 Å². The number of benzene rings is 1. The van der Waals surface area contributed by atoms with E-state index in [4.69, 9.17) is 4.74 Å². The van der Waals surface area contributed by atoms with Crippen LogP contribution in [0.25, 0.3) is 0 Å². The lowest BCUT2D eigenvalue weighted by Gasteiger charge is -2.16. The molecule has 0 aliphatic carbocycles. The number of rotatable bonds is 4. The number of carboxylic acid groups (broad SMARTS) is 1. The second kappa shape index (κ2) is 6.96. The summed E-state index contributed by atoms with van der Waals surface area (Å²) in [5, 5.41) is 13.7. The first-order valence-corrected chi connectivity index (χ1v) is 8.14. The van der Waals surface area contributed by atoms with E-state index in [1.54, 1.807) is 10.9 Å². The summed E-state index contributed by atoms with van der Waals surface area (Å²) < 4.78 is 7.05. The number of aliphatic carboxylic acids is 1. The van der Waals surface area contributed by atoms with E-state index in [0.717, 1.165) is 16.8 Å². The highest BCUT2D eigenvalue weighted by atomic mass is 16.6. The Labute approximate surface area is 145 Å². The predicted molar refractivity (Wildman–Crippen MR) is 90.0 cm³/mol. The zero-order valence-corrected chi connectivity index (χ0v) is 14.3. The van der Waals surface area contributed by atoms with E-state index in [2.05, 4.69) is 5.10 Å². The molecule has 1 amide bonds. The van der Waals surface area contributed by atoms with Gasteiger partial charge in [-0.15, -0.1) is 0 Å². The summed E-state index contributed by atoms with van der Waals surface area (Å²) in [6.45, 7) is 2.53. The SMILES string of the molecule is Cc1c([C@@H]2CN(C(=O)OCc3ccccc3)C[C@H]2C(=O)O)cnn1C. The van der Waals surface area contributed by atoms with Gasteiger partial charge in [0.05, 0.1) is 12.1 Å². The van der Waals surface area contributed by atoms with Gasteiger partial charge < -0.3 is 14.7 Å². The number of amides is 1. The summed E-state index contributed by atoms with van der Waals surface area (Å²) in [5.41, 5.74) is 2.67. The smallest absolute Gasteiger partial charge is 0.410 e. The molecule has 7 nitrogen and oxygen atoms in total. The fourth-order valence-electron chi connectivity index (χ4n) is 3.21. The van der Waals surface area contributed by atoms with Crippen molar-refractivity contribution in [3.8, 4) is 0 Å². The standard InChI is InChI=1S/C18H21N3O4/c1-12-14(8-19-20(12)2)15-9-21(10-16(15)17(22)23)18(24)25-11-13-6-4-3-5-7-13/h3-8,15-16H,9-11H2,1-2H3,(H,22,23)/t15-,16+/m0/s1. The Morgan fingerprint density at radius 2 is 2.00 bits per heavy atom. The van der Waals surface area contributed by atoms with Gasteiger partial charge in [-0.3, -0.25) is 9.48 Å². The molecule has 1 aromatic heterocycles. The van der Waals surface area contributed by atoms with Gasteiger partial charge in [0.1, 0.15) is 6.61 Å². The van der Waals surface area contributed by atoms with Crippen LogP contribution in [0.5, 0.6) is 0 Å². The topological polar surface area (TPSA) is 84.7 Å². The van der Waals surface area contributed by atoms with Gasteiger partial charge >= 0.3 is 12.1 Å². The average Bonchev–Trinajstić information content (AvgIpc) is 3.18. The zero-order chi connectivity index (χ0) is 18.0. The second-order valence-corrected chi connectivity index (χ2v) is 6.31. The lowest BCUT2D eigenvalue weighted by atomic mass is 9.89. The summed E-state index contributed by atoms with van der Waals surface area (Å²) in [7, 11) is 1.81. The summed E-state index contributed by atoms with van der Waals surface area (Å²) in [6.07, 6.45) is 1.20. The van der Waals surface area contributed by atoms with E-state index < -0.39 is 18.0 Å². The second-order valence-electron chi connectivity index (χ2n) is 6.31. The third kappa shape index (κ3) is 3.50. The Kier molecular flexibility index (Phi) is 4.74. The number of nitrogens with zero attached hydrogens (tertiary/aromatic N) is 3. The number of carboxylic acids is 1. The molecule has 25 heavy (non-hydrogen) atoms. The number of aromatic nitrogens is 2. The monoisotopic (exact) mass is 343 g/mol. The Morgan fingerprint density at radius 3 is 2.60 bits per heavy atom. The van der Waals surface area contributed by atoms with E-state index >= 15 is 0 Å². The molecule has 1 aliphatic heterocycles. The van der Waals surface area contributed by atoms with E-state index in [0.29, 0.717) is 6.54 Å². The van der Waals surface area contributed by atoms with Crippen LogP contribution >= 0.6 is 0 Å². The van der Waals surface area contributed by atoms with Crippen LogP contribution in [0.3, 0.4) is 0 Å². The van der Waals surface area contributed by atoms with Crippen LogP contribution in [0.2, 0.25) is 0 Å². The molecule has 1 aromatic carbocycles. The third-order valence-corrected chi connectivity index (χ3v) is 4.77. The van der Waals surface area contributed by atoms with Crippen molar-refractivity contribution in [1.82, 2.24) is 14.7 Å². The van der Waals surface area contributed by atoms with E-state index in [1.165, 1.54) is 4.90 Å². The van der Waals surface area contributed by atoms with Gasteiger partial charge in [0.25, 0.3) is 0 Å². The number of hydrogen-bond donors (Lipinski definition) is 1. The van der Waals surface area contributed by atoms with Crippen molar-refractivity contribution >= 4 is 12.1 Å². The number of aryl methyl sites for hydroxylation is 1. The minimum Gasteiger partial charge on any atom is -0.481 e. The van der Waals surface area contributed by atoms with Gasteiger partial charge in [-0.1, -0.05) is 30.3 Å². The van der Waals surface area contributed by atoms with E-state index in [9.17, 15) is 14.7 Å². The van der Waals surface area contributed by atoms with Crippen LogP contribution in [-0.2, 0) is 23.2 Å². The molecule has 7 heteroatoms. The van der Waals surface area contributed by atoms with Crippen molar-refractivity contribution in [3.63, 3.8) is 0 Å². The Balaban J connectivity index is 1.70. The first-order valence-electron chi connectivity index (χ1n) is 8.14. The zero-order valence-electron chi connectivity index (χ0n) is 14.3. The van der Waals surface area contributed by atoms with E-state index in [-0.39, 0.29) is 19.1 Å². The van der Waals surface area contributed by atoms with Gasteiger partial charge in [-0.2, -0.15) is 5.10 Å². The van der Waals surface area contributed by atoms with Crippen molar-refractivity contribution in [1.29, 1.82) is 0 Å². The largest absolute Gasteiger partial charge is 0.481 e. The van der Waals surface area contributed by atoms with Gasteiger partial charge in [0, 0.05) is 31.7 Å². The van der Waals surface area contributed by atoms with Crippen molar-refractivity contribution in [2.24, 2.45) is 13.0 Å². The number of carbonyl (C=O) groups excluding carboxylic acids is 1. The van der Waals surface area contributed by atoms with Crippen molar-refractivity contribution in [2.45, 2.75) is 19.4 Å². The maximum atomic E-state index is 12.3. The lowest BCUT2D eigenvalue weighted by molar-refractivity contribution is -0.141. The lowest BCUT2D eigenvalue weighted by Crippen LogP contribution is -2.30. The van der Waals surface area contributed by atoms with Crippen molar-refractivity contribution in [2.75, 3.05) is 13.1 Å². The molecular weight excluding hydrogens is 322 g/mol. The quantitative estimate of drug-likeness (QED) is 0.920. The maximum Gasteiger partial charge on any atom is 0.410 e. The van der Waals surface area contributed by atoms with Gasteiger partial charge in [-0.05, 0) is 18.1 Å². The Hall–Kier alpha value is -2.83. The van der Waals surface area contributed by atoms with Crippen LogP contribution in [0.1, 0.15) is 22.7 Å². The fourth-order valence-corrected chi connectivity index (χ4v) is 3.21. The molecule has 2 heterocycles. The molecule has 0 unspecified atom stereocenters. The number of ether oxygens (including phenoxy) is 1. The van der Waals surface area contributed by atoms with Gasteiger partial charge in [-0.25, -0.2) is 4.79 Å². The van der Waals surface area contributed by atoms with Crippen molar-refractivity contribution in [3.05, 3.63) is 53.3 Å². The molecule has 0 saturated carbocycles. The highest BCUT2D eigenvalue weighted by Crippen LogP contribution is 2.34. The molecule has 2 atom stereocenters. The normalized spacial score (nSPS) is 19.8. The number of hydrogen-bond acceptors (Lipinski definition) is 4. The maximum absolute atomic E-state index is 12.3. The predicted octanol–water partition coefficient (Wildman–Crippen LogP) is 2.17. The molecule has 1 N–H and O–H groups in total. The summed E-state index contributed by atoms with van der Waals surface area (Å²) in [5.74, 6) is -1.85. The molecule has 1 aliphatic rings. The molecule has 2 aromatic rings. The highest BCUT2D eigenvalue weighted by molar-refractivity contribution is 5.75. The molecule has 3 rings (SSSR count). The molecule has 0 bridgehead atoms. The fraction of sp³-hybridized carbons (Fsp3) is 0.389. The number of carbonyl (C=O) groups is 2. The van der Waals surface area contributed by atoms with Gasteiger partial charge in [0.2, 0.25) is 0 Å². The van der Waals surface area contributed by atoms with Crippen LogP contribution in [0, 0.1) is 12.8 Å². The summed E-state index contributed by atoms with van der Waals surface area (Å²) in [6, 6.07) is 9.39. The minimum absolute atomic E-state index is 0.141.